The molecule has 2 heterocycles. The number of rotatable bonds is 3. The highest BCUT2D eigenvalue weighted by atomic mass is 79.9. The standard InChI is InChI=1S/C11H11BrN4O3/c1-5-9(12)10(17)7(3-13-5)11(18)14-4-8-15-6(2)16-19-8/h3H,4H2,1-2H3,(H,13,17)(H,14,18). The Hall–Kier alpha value is -1.96. The van der Waals surface area contributed by atoms with E-state index in [4.69, 9.17) is 4.52 Å². The highest BCUT2D eigenvalue weighted by Crippen LogP contribution is 2.08. The summed E-state index contributed by atoms with van der Waals surface area (Å²) in [5, 5.41) is 6.14. The van der Waals surface area contributed by atoms with Crippen molar-refractivity contribution in [1.82, 2.24) is 20.4 Å². The molecular weight excluding hydrogens is 316 g/mol. The molecule has 100 valence electrons. The Morgan fingerprint density at radius 3 is 2.89 bits per heavy atom. The summed E-state index contributed by atoms with van der Waals surface area (Å²) >= 11 is 3.13. The molecule has 0 saturated carbocycles. The van der Waals surface area contributed by atoms with E-state index in [1.165, 1.54) is 6.20 Å². The number of carbonyl (C=O) groups is 1. The van der Waals surface area contributed by atoms with Crippen LogP contribution in [0.4, 0.5) is 0 Å². The van der Waals surface area contributed by atoms with E-state index in [1.807, 2.05) is 0 Å². The van der Waals surface area contributed by atoms with Crippen molar-refractivity contribution in [3.63, 3.8) is 0 Å². The molecule has 2 aromatic heterocycles. The van der Waals surface area contributed by atoms with E-state index in [0.29, 0.717) is 16.0 Å². The predicted molar refractivity (Wildman–Crippen MR) is 69.7 cm³/mol. The SMILES string of the molecule is Cc1noc(CNC(=O)c2c[nH]c(C)c(Br)c2=O)n1. The first kappa shape index (κ1) is 13.5. The lowest BCUT2D eigenvalue weighted by atomic mass is 10.2. The van der Waals surface area contributed by atoms with Gasteiger partial charge in [-0.25, -0.2) is 0 Å². The summed E-state index contributed by atoms with van der Waals surface area (Å²) < 4.78 is 5.19. The summed E-state index contributed by atoms with van der Waals surface area (Å²) in [4.78, 5) is 30.5. The molecule has 0 bridgehead atoms. The van der Waals surface area contributed by atoms with Crippen molar-refractivity contribution >= 4 is 21.8 Å². The van der Waals surface area contributed by atoms with Gasteiger partial charge in [-0.15, -0.1) is 0 Å². The van der Waals surface area contributed by atoms with Crippen molar-refractivity contribution in [2.75, 3.05) is 0 Å². The van der Waals surface area contributed by atoms with Crippen LogP contribution in [0.25, 0.3) is 0 Å². The molecule has 0 radical (unpaired) electrons. The van der Waals surface area contributed by atoms with E-state index >= 15 is 0 Å². The van der Waals surface area contributed by atoms with Crippen molar-refractivity contribution in [1.29, 1.82) is 0 Å². The van der Waals surface area contributed by atoms with E-state index in [-0.39, 0.29) is 23.4 Å². The van der Waals surface area contributed by atoms with Crippen molar-refractivity contribution in [2.24, 2.45) is 0 Å². The Kier molecular flexibility index (Phi) is 3.79. The van der Waals surface area contributed by atoms with Crippen LogP contribution in [-0.2, 0) is 6.54 Å². The second-order valence-corrected chi connectivity index (χ2v) is 4.68. The van der Waals surface area contributed by atoms with Crippen LogP contribution in [0.5, 0.6) is 0 Å². The fourth-order valence-electron chi connectivity index (χ4n) is 1.43. The van der Waals surface area contributed by atoms with Crippen LogP contribution < -0.4 is 10.7 Å². The number of halogens is 1. The van der Waals surface area contributed by atoms with Gasteiger partial charge >= 0.3 is 0 Å². The fourth-order valence-corrected chi connectivity index (χ4v) is 1.76. The van der Waals surface area contributed by atoms with Crippen LogP contribution in [0.15, 0.2) is 20.0 Å². The zero-order valence-corrected chi connectivity index (χ0v) is 11.9. The van der Waals surface area contributed by atoms with Gasteiger partial charge in [-0.1, -0.05) is 5.16 Å². The molecule has 7 nitrogen and oxygen atoms in total. The average Bonchev–Trinajstić information content (AvgIpc) is 2.79. The van der Waals surface area contributed by atoms with E-state index in [1.54, 1.807) is 13.8 Å². The number of hydrogen-bond acceptors (Lipinski definition) is 5. The van der Waals surface area contributed by atoms with Crippen LogP contribution >= 0.6 is 15.9 Å². The van der Waals surface area contributed by atoms with Crippen molar-refractivity contribution in [3.05, 3.63) is 43.9 Å². The quantitative estimate of drug-likeness (QED) is 0.878. The topological polar surface area (TPSA) is 101 Å². The van der Waals surface area contributed by atoms with Gasteiger partial charge in [-0.05, 0) is 29.8 Å². The Bertz CT molecular complexity index is 677. The first-order valence-corrected chi connectivity index (χ1v) is 6.23. The normalized spacial score (nSPS) is 10.5. The monoisotopic (exact) mass is 326 g/mol. The van der Waals surface area contributed by atoms with Gasteiger partial charge in [-0.3, -0.25) is 9.59 Å². The minimum atomic E-state index is -0.502. The van der Waals surface area contributed by atoms with Crippen LogP contribution in [0.2, 0.25) is 0 Å². The average molecular weight is 327 g/mol. The number of nitrogens with one attached hydrogen (secondary N) is 2. The fraction of sp³-hybridized carbons (Fsp3) is 0.273. The van der Waals surface area contributed by atoms with Crippen molar-refractivity contribution < 1.29 is 9.32 Å². The van der Waals surface area contributed by atoms with E-state index in [0.717, 1.165) is 0 Å². The highest BCUT2D eigenvalue weighted by molar-refractivity contribution is 9.10. The third-order valence-electron chi connectivity index (χ3n) is 2.42. The third kappa shape index (κ3) is 2.90. The van der Waals surface area contributed by atoms with Crippen molar-refractivity contribution in [2.45, 2.75) is 20.4 Å². The molecule has 2 aromatic rings. The van der Waals surface area contributed by atoms with Gasteiger partial charge < -0.3 is 14.8 Å². The molecule has 19 heavy (non-hydrogen) atoms. The maximum absolute atomic E-state index is 11.9. The molecule has 2 N–H and O–H groups in total. The zero-order valence-electron chi connectivity index (χ0n) is 10.3. The minimum absolute atomic E-state index is 0.0220. The summed E-state index contributed by atoms with van der Waals surface area (Å²) in [7, 11) is 0. The van der Waals surface area contributed by atoms with Gasteiger partial charge in [0.15, 0.2) is 5.82 Å². The first-order valence-electron chi connectivity index (χ1n) is 5.44. The van der Waals surface area contributed by atoms with Crippen LogP contribution in [0.1, 0.15) is 27.8 Å². The number of hydrogen-bond donors (Lipinski definition) is 2. The molecule has 0 aliphatic heterocycles. The molecule has 0 aliphatic carbocycles. The number of aromatic amines is 1. The lowest BCUT2D eigenvalue weighted by Gasteiger charge is -2.04. The lowest BCUT2D eigenvalue weighted by molar-refractivity contribution is 0.0944. The number of nitrogens with zero attached hydrogens (tertiary/aromatic N) is 2. The Morgan fingerprint density at radius 2 is 2.26 bits per heavy atom. The molecule has 0 fully saturated rings. The second kappa shape index (κ2) is 5.35. The zero-order chi connectivity index (χ0) is 14.0. The van der Waals surface area contributed by atoms with Gasteiger partial charge in [0, 0.05) is 11.9 Å². The lowest BCUT2D eigenvalue weighted by Crippen LogP contribution is -2.29. The second-order valence-electron chi connectivity index (χ2n) is 3.89. The van der Waals surface area contributed by atoms with Crippen molar-refractivity contribution in [3.8, 4) is 0 Å². The summed E-state index contributed by atoms with van der Waals surface area (Å²) in [6.07, 6.45) is 1.37. The molecular formula is C11H11BrN4O3. The Balaban J connectivity index is 2.13. The molecule has 0 unspecified atom stereocenters. The Morgan fingerprint density at radius 1 is 1.53 bits per heavy atom. The number of aryl methyl sites for hydroxylation is 2. The highest BCUT2D eigenvalue weighted by Gasteiger charge is 2.14. The molecule has 0 aromatic carbocycles. The summed E-state index contributed by atoms with van der Waals surface area (Å²) in [6, 6.07) is 0. The summed E-state index contributed by atoms with van der Waals surface area (Å²) in [6.45, 7) is 3.48. The number of carbonyl (C=O) groups excluding carboxylic acids is 1. The molecule has 0 aliphatic rings. The predicted octanol–water partition coefficient (Wildman–Crippen LogP) is 1.07. The van der Waals surface area contributed by atoms with E-state index < -0.39 is 5.91 Å². The van der Waals surface area contributed by atoms with Gasteiger partial charge in [0.1, 0.15) is 5.56 Å². The third-order valence-corrected chi connectivity index (χ3v) is 3.38. The van der Waals surface area contributed by atoms with E-state index in [2.05, 4.69) is 36.4 Å². The number of aromatic nitrogens is 3. The number of H-pyrrole nitrogens is 1. The molecule has 8 heteroatoms. The molecule has 1 amide bonds. The number of amides is 1. The van der Waals surface area contributed by atoms with Crippen LogP contribution in [0, 0.1) is 13.8 Å². The maximum atomic E-state index is 11.9. The van der Waals surface area contributed by atoms with Crippen LogP contribution in [-0.4, -0.2) is 21.0 Å². The first-order chi connectivity index (χ1) is 8.99. The van der Waals surface area contributed by atoms with Gasteiger partial charge in [0.05, 0.1) is 11.0 Å². The van der Waals surface area contributed by atoms with Gasteiger partial charge in [0.2, 0.25) is 11.3 Å². The molecule has 0 atom stereocenters. The van der Waals surface area contributed by atoms with Gasteiger partial charge in [-0.2, -0.15) is 4.98 Å². The smallest absolute Gasteiger partial charge is 0.257 e. The number of pyridine rings is 1. The minimum Gasteiger partial charge on any atom is -0.363 e. The molecule has 0 spiro atoms. The summed E-state index contributed by atoms with van der Waals surface area (Å²) in [5.41, 5.74) is 0.318. The van der Waals surface area contributed by atoms with E-state index in [9.17, 15) is 9.59 Å². The largest absolute Gasteiger partial charge is 0.363 e. The molecule has 2 rings (SSSR count). The Labute approximate surface area is 116 Å². The summed E-state index contributed by atoms with van der Waals surface area (Å²) in [5.74, 6) is 0.270. The maximum Gasteiger partial charge on any atom is 0.257 e. The van der Waals surface area contributed by atoms with Crippen LogP contribution in [0.3, 0.4) is 0 Å². The molecule has 0 saturated heterocycles. The van der Waals surface area contributed by atoms with Gasteiger partial charge in [0.25, 0.3) is 5.91 Å².